The summed E-state index contributed by atoms with van der Waals surface area (Å²) in [6, 6.07) is 0. The van der Waals surface area contributed by atoms with Crippen molar-refractivity contribution in [2.45, 2.75) is 19.8 Å². The summed E-state index contributed by atoms with van der Waals surface area (Å²) >= 11 is 0. The first-order valence-corrected chi connectivity index (χ1v) is 3.51. The van der Waals surface area contributed by atoms with Crippen LogP contribution in [0.2, 0.25) is 0 Å². The molecule has 0 N–H and O–H groups in total. The smallest absolute Gasteiger partial charge is 0.173 e. The summed E-state index contributed by atoms with van der Waals surface area (Å²) in [6.45, 7) is 5.50. The Morgan fingerprint density at radius 3 is 2.70 bits per heavy atom. The number of ketones is 1. The van der Waals surface area contributed by atoms with Crippen LogP contribution in [0.3, 0.4) is 0 Å². The zero-order valence-corrected chi connectivity index (χ0v) is 6.22. The Balaban J connectivity index is 2.12. The van der Waals surface area contributed by atoms with Gasteiger partial charge in [0.25, 0.3) is 0 Å². The first-order chi connectivity index (χ1) is 4.70. The molecular weight excluding hydrogens is 128 g/mol. The lowest BCUT2D eigenvalue weighted by Gasteiger charge is -2.01. The zero-order chi connectivity index (χ0) is 7.56. The number of Topliss-reactive ketones (excluding diaryl/α,β-unsaturated/α-hetero) is 1. The summed E-state index contributed by atoms with van der Waals surface area (Å²) in [5.41, 5.74) is 0. The highest BCUT2D eigenvalue weighted by Gasteiger charge is 2.29. The molecule has 0 unspecified atom stereocenters. The molecule has 0 atom stereocenters. The second-order valence-corrected chi connectivity index (χ2v) is 2.73. The molecule has 0 aliphatic heterocycles. The Hall–Kier alpha value is -0.790. The Morgan fingerprint density at radius 2 is 2.30 bits per heavy atom. The summed E-state index contributed by atoms with van der Waals surface area (Å²) in [6.07, 6.45) is 2.11. The molecule has 1 fully saturated rings. The van der Waals surface area contributed by atoms with E-state index in [1.54, 1.807) is 6.92 Å². The molecule has 0 aromatic heterocycles. The van der Waals surface area contributed by atoms with Crippen molar-refractivity contribution in [3.63, 3.8) is 0 Å². The maximum Gasteiger partial charge on any atom is 0.173 e. The minimum Gasteiger partial charge on any atom is -0.491 e. The summed E-state index contributed by atoms with van der Waals surface area (Å²) in [7, 11) is 0. The highest BCUT2D eigenvalue weighted by atomic mass is 16.5. The maximum absolute atomic E-state index is 10.9. The van der Waals surface area contributed by atoms with Gasteiger partial charge in [0, 0.05) is 5.92 Å². The van der Waals surface area contributed by atoms with Gasteiger partial charge in [-0.25, -0.2) is 0 Å². The maximum atomic E-state index is 10.9. The molecule has 1 rings (SSSR count). The van der Waals surface area contributed by atoms with Crippen molar-refractivity contribution in [2.24, 2.45) is 5.92 Å². The van der Waals surface area contributed by atoms with Gasteiger partial charge in [-0.15, -0.1) is 0 Å². The number of carbonyl (C=O) groups is 1. The van der Waals surface area contributed by atoms with Crippen LogP contribution in [0.25, 0.3) is 0 Å². The predicted molar refractivity (Wildman–Crippen MR) is 38.5 cm³/mol. The fraction of sp³-hybridized carbons (Fsp3) is 0.625. The molecule has 0 amide bonds. The van der Waals surface area contributed by atoms with Crippen LogP contribution in [0.5, 0.6) is 0 Å². The second-order valence-electron chi connectivity index (χ2n) is 2.73. The molecule has 1 aliphatic rings. The van der Waals surface area contributed by atoms with Crippen molar-refractivity contribution in [3.8, 4) is 0 Å². The quantitative estimate of drug-likeness (QED) is 0.553. The molecule has 2 nitrogen and oxygen atoms in total. The third kappa shape index (κ3) is 2.21. The topological polar surface area (TPSA) is 26.3 Å². The fourth-order valence-corrected chi connectivity index (χ4v) is 0.717. The SMILES string of the molecule is C=C(C)OCC(=O)C1CC1. The van der Waals surface area contributed by atoms with Crippen LogP contribution in [0.4, 0.5) is 0 Å². The molecule has 56 valence electrons. The molecule has 2 heteroatoms. The van der Waals surface area contributed by atoms with Crippen molar-refractivity contribution < 1.29 is 9.53 Å². The van der Waals surface area contributed by atoms with Crippen molar-refractivity contribution in [2.75, 3.05) is 6.61 Å². The lowest BCUT2D eigenvalue weighted by Crippen LogP contribution is -2.08. The minimum absolute atomic E-state index is 0.222. The highest BCUT2D eigenvalue weighted by molar-refractivity contribution is 5.84. The molecule has 1 saturated carbocycles. The average Bonchev–Trinajstić information content (AvgIpc) is 2.63. The van der Waals surface area contributed by atoms with Gasteiger partial charge in [-0.05, 0) is 19.8 Å². The van der Waals surface area contributed by atoms with Crippen molar-refractivity contribution in [1.29, 1.82) is 0 Å². The first-order valence-electron chi connectivity index (χ1n) is 3.51. The molecule has 0 aromatic carbocycles. The van der Waals surface area contributed by atoms with Gasteiger partial charge in [-0.1, -0.05) is 6.58 Å². The minimum atomic E-state index is 0.222. The van der Waals surface area contributed by atoms with E-state index in [2.05, 4.69) is 6.58 Å². The van der Waals surface area contributed by atoms with Crippen LogP contribution in [0.1, 0.15) is 19.8 Å². The van der Waals surface area contributed by atoms with Gasteiger partial charge in [0.15, 0.2) is 5.78 Å². The Labute approximate surface area is 60.9 Å². The van der Waals surface area contributed by atoms with Crippen molar-refractivity contribution >= 4 is 5.78 Å². The molecule has 0 spiro atoms. The van der Waals surface area contributed by atoms with Crippen LogP contribution in [0.15, 0.2) is 12.3 Å². The molecule has 0 aromatic rings. The van der Waals surface area contributed by atoms with Crippen LogP contribution in [-0.2, 0) is 9.53 Å². The molecule has 0 radical (unpaired) electrons. The van der Waals surface area contributed by atoms with Gasteiger partial charge < -0.3 is 4.74 Å². The van der Waals surface area contributed by atoms with E-state index in [0.29, 0.717) is 11.7 Å². The largest absolute Gasteiger partial charge is 0.491 e. The molecule has 1 aliphatic carbocycles. The predicted octanol–water partition coefficient (Wildman–Crippen LogP) is 1.52. The third-order valence-electron chi connectivity index (χ3n) is 1.49. The van der Waals surface area contributed by atoms with Crippen LogP contribution >= 0.6 is 0 Å². The van der Waals surface area contributed by atoms with E-state index < -0.39 is 0 Å². The normalized spacial score (nSPS) is 16.5. The van der Waals surface area contributed by atoms with Crippen molar-refractivity contribution in [1.82, 2.24) is 0 Å². The number of hydrogen-bond donors (Lipinski definition) is 0. The third-order valence-corrected chi connectivity index (χ3v) is 1.49. The summed E-state index contributed by atoms with van der Waals surface area (Å²) in [5, 5.41) is 0. The van der Waals surface area contributed by atoms with Gasteiger partial charge in [-0.3, -0.25) is 4.79 Å². The van der Waals surface area contributed by atoms with E-state index in [1.165, 1.54) is 0 Å². The van der Waals surface area contributed by atoms with Crippen LogP contribution < -0.4 is 0 Å². The van der Waals surface area contributed by atoms with E-state index in [4.69, 9.17) is 4.74 Å². The number of carbonyl (C=O) groups excluding carboxylic acids is 1. The molecule has 0 bridgehead atoms. The first kappa shape index (κ1) is 7.32. The average molecular weight is 140 g/mol. The highest BCUT2D eigenvalue weighted by Crippen LogP contribution is 2.29. The number of rotatable bonds is 4. The zero-order valence-electron chi connectivity index (χ0n) is 6.22. The van der Waals surface area contributed by atoms with Crippen LogP contribution in [0, 0.1) is 5.92 Å². The fourth-order valence-electron chi connectivity index (χ4n) is 0.717. The number of hydrogen-bond acceptors (Lipinski definition) is 2. The van der Waals surface area contributed by atoms with Gasteiger partial charge in [0.1, 0.15) is 6.61 Å². The molecule has 10 heavy (non-hydrogen) atoms. The Bertz CT molecular complexity index is 157. The van der Waals surface area contributed by atoms with Gasteiger partial charge in [-0.2, -0.15) is 0 Å². The molecular formula is C8H12O2. The van der Waals surface area contributed by atoms with E-state index in [9.17, 15) is 4.79 Å². The van der Waals surface area contributed by atoms with E-state index in [1.807, 2.05) is 0 Å². The Kier molecular flexibility index (Phi) is 2.10. The summed E-state index contributed by atoms with van der Waals surface area (Å²) in [4.78, 5) is 10.9. The lowest BCUT2D eigenvalue weighted by molar-refractivity contribution is -0.123. The standard InChI is InChI=1S/C8H12O2/c1-6(2)10-5-8(9)7-3-4-7/h7H,1,3-5H2,2H3. The van der Waals surface area contributed by atoms with Crippen LogP contribution in [-0.4, -0.2) is 12.4 Å². The van der Waals surface area contributed by atoms with Gasteiger partial charge in [0.2, 0.25) is 0 Å². The van der Waals surface area contributed by atoms with Gasteiger partial charge in [0.05, 0.1) is 5.76 Å². The summed E-state index contributed by atoms with van der Waals surface area (Å²) < 4.78 is 4.96. The number of allylic oxidation sites excluding steroid dienone is 1. The summed E-state index contributed by atoms with van der Waals surface area (Å²) in [5.74, 6) is 1.15. The van der Waals surface area contributed by atoms with E-state index in [-0.39, 0.29) is 12.4 Å². The monoisotopic (exact) mass is 140 g/mol. The molecule has 0 saturated heterocycles. The lowest BCUT2D eigenvalue weighted by atomic mass is 10.3. The Morgan fingerprint density at radius 1 is 1.70 bits per heavy atom. The van der Waals surface area contributed by atoms with E-state index in [0.717, 1.165) is 12.8 Å². The molecule has 0 heterocycles. The van der Waals surface area contributed by atoms with E-state index >= 15 is 0 Å². The van der Waals surface area contributed by atoms with Crippen molar-refractivity contribution in [3.05, 3.63) is 12.3 Å². The second kappa shape index (κ2) is 2.86. The van der Waals surface area contributed by atoms with Gasteiger partial charge >= 0.3 is 0 Å². The number of ether oxygens (including phenoxy) is 1.